The molecule has 1 aromatic carbocycles. The molecular formula is C12H9F4N3O4S2. The van der Waals surface area contributed by atoms with Gasteiger partial charge in [-0.1, -0.05) is 17.7 Å². The molecule has 0 spiro atoms. The van der Waals surface area contributed by atoms with Gasteiger partial charge in [0.2, 0.25) is 0 Å². The molecule has 0 saturated carbocycles. The summed E-state index contributed by atoms with van der Waals surface area (Å²) in [4.78, 5) is 25.3. The number of amides is 3. The Morgan fingerprint density at radius 1 is 1.28 bits per heavy atom. The summed E-state index contributed by atoms with van der Waals surface area (Å²) in [6.45, 7) is 1.70. The van der Waals surface area contributed by atoms with Crippen LogP contribution in [0.3, 0.4) is 0 Å². The van der Waals surface area contributed by atoms with Gasteiger partial charge in [0, 0.05) is 0 Å². The van der Waals surface area contributed by atoms with Gasteiger partial charge in [0.25, 0.3) is 15.9 Å². The molecule has 1 fully saturated rings. The third-order valence-electron chi connectivity index (χ3n) is 2.87. The van der Waals surface area contributed by atoms with Crippen molar-refractivity contribution in [2.45, 2.75) is 23.0 Å². The van der Waals surface area contributed by atoms with Crippen LogP contribution in [0.2, 0.25) is 0 Å². The maximum absolute atomic E-state index is 13.6. The number of hydrogen-bond donors (Lipinski definition) is 2. The van der Waals surface area contributed by atoms with Crippen LogP contribution in [0, 0.1) is 6.92 Å². The summed E-state index contributed by atoms with van der Waals surface area (Å²) in [6.07, 6.45) is -5.54. The molecule has 2 N–H and O–H groups in total. The summed E-state index contributed by atoms with van der Waals surface area (Å²) >= 11 is -0.678. The molecule has 7 nitrogen and oxygen atoms in total. The van der Waals surface area contributed by atoms with Gasteiger partial charge in [-0.25, -0.2) is 22.3 Å². The number of nitrogens with one attached hydrogen (secondary N) is 2. The van der Waals surface area contributed by atoms with Crippen LogP contribution >= 0.6 is 11.8 Å². The number of hydrogen-bond acceptors (Lipinski definition) is 5. The molecule has 0 radical (unpaired) electrons. The minimum Gasteiger partial charge on any atom is -0.301 e. The molecule has 0 aliphatic carbocycles. The summed E-state index contributed by atoms with van der Waals surface area (Å²) in [5.74, 6) is -2.06. The summed E-state index contributed by atoms with van der Waals surface area (Å²) < 4.78 is 76.6. The largest absolute Gasteiger partial charge is 0.442 e. The zero-order valence-electron chi connectivity index (χ0n) is 12.2. The van der Waals surface area contributed by atoms with Gasteiger partial charge in [-0.05, 0) is 30.8 Å². The van der Waals surface area contributed by atoms with Crippen molar-refractivity contribution in [1.29, 1.82) is 0 Å². The Balaban J connectivity index is 2.16. The number of rotatable bonds is 2. The van der Waals surface area contributed by atoms with Gasteiger partial charge in [-0.3, -0.25) is 4.79 Å². The van der Waals surface area contributed by atoms with Gasteiger partial charge >= 0.3 is 17.2 Å². The third kappa shape index (κ3) is 3.92. The average molecular weight is 399 g/mol. The predicted octanol–water partition coefficient (Wildman–Crippen LogP) is 1.84. The molecule has 3 amide bonds. The maximum atomic E-state index is 13.6. The van der Waals surface area contributed by atoms with Crippen molar-refractivity contribution < 1.29 is 35.6 Å². The molecule has 1 aliphatic rings. The Hall–Kier alpha value is -2.15. The van der Waals surface area contributed by atoms with Crippen LogP contribution in [-0.2, 0) is 14.8 Å². The van der Waals surface area contributed by atoms with Crippen LogP contribution in [0.15, 0.2) is 34.2 Å². The number of aryl methyl sites for hydroxylation is 1. The van der Waals surface area contributed by atoms with Crippen LogP contribution in [0.5, 0.6) is 0 Å². The zero-order chi connectivity index (χ0) is 19.0. The number of sulfonamides is 1. The number of aliphatic imine (C=N–C) groups is 1. The predicted molar refractivity (Wildman–Crippen MR) is 80.0 cm³/mol. The van der Waals surface area contributed by atoms with Crippen LogP contribution in [-0.4, -0.2) is 36.7 Å². The number of carbonyl (C=O) groups excluding carboxylic acids is 2. The standard InChI is InChI=1S/C12H9F4N3O4S2/c1-6-2-4-7(5-3-6)25(22,23)19-9(21)18-10-17-8(20)11(13,24-10)12(14,15)16/h2-5H,1H3,(H2,17,18,19,20,21)/t11-/m0/s1. The SMILES string of the molecule is Cc1ccc(S(=O)(=O)NC(=O)N=C2NC(=O)[C@@](F)(C(F)(F)F)S2)cc1. The maximum Gasteiger partial charge on any atom is 0.442 e. The Kier molecular flexibility index (Phi) is 4.83. The lowest BCUT2D eigenvalue weighted by Gasteiger charge is -2.17. The first-order chi connectivity index (χ1) is 11.3. The highest BCUT2D eigenvalue weighted by atomic mass is 32.2. The van der Waals surface area contributed by atoms with Crippen LogP contribution < -0.4 is 10.0 Å². The zero-order valence-corrected chi connectivity index (χ0v) is 13.9. The van der Waals surface area contributed by atoms with Gasteiger partial charge in [0.15, 0.2) is 5.17 Å². The first-order valence-electron chi connectivity index (χ1n) is 6.33. The summed E-state index contributed by atoms with van der Waals surface area (Å²) in [5, 5.41) is -3.88. The van der Waals surface area contributed by atoms with E-state index < -0.39 is 50.1 Å². The fourth-order valence-corrected chi connectivity index (χ4v) is 3.31. The van der Waals surface area contributed by atoms with E-state index >= 15 is 0 Å². The minimum atomic E-state index is -5.54. The summed E-state index contributed by atoms with van der Waals surface area (Å²) in [5.41, 5.74) is 0.752. The van der Waals surface area contributed by atoms with Crippen molar-refractivity contribution in [2.75, 3.05) is 0 Å². The second kappa shape index (κ2) is 6.29. The lowest BCUT2D eigenvalue weighted by Crippen LogP contribution is -2.45. The number of amidine groups is 1. The number of halogens is 4. The van der Waals surface area contributed by atoms with E-state index in [4.69, 9.17) is 0 Å². The van der Waals surface area contributed by atoms with Crippen LogP contribution in [0.4, 0.5) is 22.4 Å². The molecule has 1 saturated heterocycles. The Morgan fingerprint density at radius 3 is 2.32 bits per heavy atom. The monoisotopic (exact) mass is 399 g/mol. The Bertz CT molecular complexity index is 852. The van der Waals surface area contributed by atoms with E-state index in [2.05, 4.69) is 4.99 Å². The van der Waals surface area contributed by atoms with Crippen molar-refractivity contribution in [3.8, 4) is 0 Å². The van der Waals surface area contributed by atoms with E-state index in [1.807, 2.05) is 0 Å². The van der Waals surface area contributed by atoms with Gasteiger partial charge in [-0.15, -0.1) is 0 Å². The molecule has 13 heteroatoms. The Labute approximate surface area is 142 Å². The first kappa shape index (κ1) is 19.2. The molecular weight excluding hydrogens is 390 g/mol. The highest BCUT2D eigenvalue weighted by Gasteiger charge is 2.67. The molecule has 0 bridgehead atoms. The average Bonchev–Trinajstić information content (AvgIpc) is 2.73. The highest BCUT2D eigenvalue weighted by molar-refractivity contribution is 8.16. The van der Waals surface area contributed by atoms with E-state index in [0.29, 0.717) is 0 Å². The van der Waals surface area contributed by atoms with E-state index in [1.165, 1.54) is 34.3 Å². The number of thioether (sulfide) groups is 1. The van der Waals surface area contributed by atoms with E-state index in [-0.39, 0.29) is 4.90 Å². The summed E-state index contributed by atoms with van der Waals surface area (Å²) in [6, 6.07) is 3.72. The van der Waals surface area contributed by atoms with Crippen molar-refractivity contribution >= 4 is 38.9 Å². The highest BCUT2D eigenvalue weighted by Crippen LogP contribution is 2.46. The van der Waals surface area contributed by atoms with Crippen LogP contribution in [0.25, 0.3) is 0 Å². The van der Waals surface area contributed by atoms with Gasteiger partial charge in [0.1, 0.15) is 0 Å². The van der Waals surface area contributed by atoms with E-state index in [1.54, 1.807) is 6.92 Å². The quantitative estimate of drug-likeness (QED) is 0.739. The number of nitrogens with zero attached hydrogens (tertiary/aromatic N) is 1. The molecule has 1 aromatic rings. The lowest BCUT2D eigenvalue weighted by atomic mass is 10.2. The normalized spacial score (nSPS) is 22.8. The minimum absolute atomic E-state index is 0.287. The van der Waals surface area contributed by atoms with Gasteiger partial charge in [-0.2, -0.15) is 18.2 Å². The fraction of sp³-hybridized carbons (Fsp3) is 0.250. The number of carbonyl (C=O) groups is 2. The van der Waals surface area contributed by atoms with E-state index in [9.17, 15) is 35.6 Å². The molecule has 2 rings (SSSR count). The van der Waals surface area contributed by atoms with Gasteiger partial charge in [0.05, 0.1) is 4.90 Å². The second-order valence-electron chi connectivity index (χ2n) is 4.79. The van der Waals surface area contributed by atoms with Crippen LogP contribution in [0.1, 0.15) is 5.56 Å². The van der Waals surface area contributed by atoms with Crippen molar-refractivity contribution in [2.24, 2.45) is 4.99 Å². The topological polar surface area (TPSA) is 105 Å². The fourth-order valence-electron chi connectivity index (χ4n) is 1.63. The number of urea groups is 1. The number of alkyl halides is 4. The van der Waals surface area contributed by atoms with Crippen molar-refractivity contribution in [3.05, 3.63) is 29.8 Å². The lowest BCUT2D eigenvalue weighted by molar-refractivity contribution is -0.195. The first-order valence-corrected chi connectivity index (χ1v) is 8.63. The molecule has 1 atom stereocenters. The molecule has 0 unspecified atom stereocenters. The summed E-state index contributed by atoms with van der Waals surface area (Å²) in [7, 11) is -4.33. The Morgan fingerprint density at radius 2 is 1.84 bits per heavy atom. The van der Waals surface area contributed by atoms with Crippen molar-refractivity contribution in [3.63, 3.8) is 0 Å². The molecule has 136 valence electrons. The van der Waals surface area contributed by atoms with Crippen molar-refractivity contribution in [1.82, 2.24) is 10.0 Å². The third-order valence-corrected chi connectivity index (χ3v) is 5.29. The number of benzene rings is 1. The molecule has 0 aromatic heterocycles. The molecule has 1 heterocycles. The van der Waals surface area contributed by atoms with E-state index in [0.717, 1.165) is 5.56 Å². The molecule has 25 heavy (non-hydrogen) atoms. The second-order valence-corrected chi connectivity index (χ2v) is 7.63. The molecule has 1 aliphatic heterocycles. The van der Waals surface area contributed by atoms with Gasteiger partial charge < -0.3 is 5.32 Å². The smallest absolute Gasteiger partial charge is 0.301 e.